The van der Waals surface area contributed by atoms with Crippen LogP contribution in [0.2, 0.25) is 0 Å². The summed E-state index contributed by atoms with van der Waals surface area (Å²) in [7, 11) is -6.53. The molecule has 4 aromatic rings. The molecular formula is C40H50AlLiN4O5S4. The Morgan fingerprint density at radius 1 is 0.764 bits per heavy atom. The number of carbonyl (C=O) groups excluding carboxylic acids is 1. The number of hydrogen-bond acceptors (Lipinski definition) is 8. The summed E-state index contributed by atoms with van der Waals surface area (Å²) in [5.41, 5.74) is 6.13. The molecule has 4 unspecified atom stereocenters. The second-order valence-electron chi connectivity index (χ2n) is 15.2. The van der Waals surface area contributed by atoms with Gasteiger partial charge < -0.3 is 6.33 Å². The Bertz CT molecular complexity index is 2230. The Hall–Kier alpha value is -2.62. The van der Waals surface area contributed by atoms with Gasteiger partial charge in [-0.15, -0.1) is 0 Å². The predicted octanol–water partition coefficient (Wildman–Crippen LogP) is 2.76. The van der Waals surface area contributed by atoms with Crippen molar-refractivity contribution in [1.29, 1.82) is 0 Å². The summed E-state index contributed by atoms with van der Waals surface area (Å²) in [6, 6.07) is 19.6. The maximum Gasteiger partial charge on any atom is 1.00 e. The fraction of sp³-hybridized carbons (Fsp3) is 0.375. The summed E-state index contributed by atoms with van der Waals surface area (Å²) >= 11 is 3.34. The van der Waals surface area contributed by atoms with E-state index in [2.05, 4.69) is 69.3 Å². The van der Waals surface area contributed by atoms with Crippen LogP contribution < -0.4 is 28.3 Å². The third-order valence-electron chi connectivity index (χ3n) is 11.6. The SMILES string of the molecule is CC1(c2cccc(NS(C)(=O)=O)c2)C2CN(C(=O)/C=C/c3ccsc3)CC21.CC1(c2cccc(NS(C)(=O)=O)c2)C2CN(C/C=C/c3ccsc3)CC21.[AlH3].[H-].[Li+]. The van der Waals surface area contributed by atoms with Crippen molar-refractivity contribution in [3.8, 4) is 0 Å². The first kappa shape index (κ1) is 43.5. The number of benzene rings is 2. The predicted molar refractivity (Wildman–Crippen MR) is 229 cm³/mol. The number of hydrogen-bond donors (Lipinski definition) is 2. The smallest absolute Gasteiger partial charge is 1.00 e. The van der Waals surface area contributed by atoms with Crippen LogP contribution in [-0.2, 0) is 35.7 Å². The zero-order valence-electron chi connectivity index (χ0n) is 32.3. The summed E-state index contributed by atoms with van der Waals surface area (Å²) < 4.78 is 51.0. The fourth-order valence-electron chi connectivity index (χ4n) is 8.64. The molecular weight excluding hydrogens is 779 g/mol. The van der Waals surface area contributed by atoms with Crippen molar-refractivity contribution in [2.75, 3.05) is 54.7 Å². The minimum Gasteiger partial charge on any atom is -1.00 e. The van der Waals surface area contributed by atoms with Crippen molar-refractivity contribution >= 4 is 89.5 Å². The molecule has 9 nitrogen and oxygen atoms in total. The van der Waals surface area contributed by atoms with Crippen molar-refractivity contribution in [2.45, 2.75) is 24.7 Å². The van der Waals surface area contributed by atoms with Crippen molar-refractivity contribution < 1.29 is 41.9 Å². The second-order valence-corrected chi connectivity index (χ2v) is 20.3. The summed E-state index contributed by atoms with van der Waals surface area (Å²) in [4.78, 5) is 16.9. The Morgan fingerprint density at radius 2 is 1.22 bits per heavy atom. The normalized spacial score (nSPS) is 26.7. The number of sulfonamides is 2. The van der Waals surface area contributed by atoms with Gasteiger partial charge in [0.25, 0.3) is 0 Å². The van der Waals surface area contributed by atoms with Gasteiger partial charge in [0.2, 0.25) is 26.0 Å². The molecule has 4 fully saturated rings. The molecule has 1 amide bonds. The number of carbonyl (C=O) groups is 1. The molecule has 4 heterocycles. The molecule has 0 radical (unpaired) electrons. The number of thiophene rings is 2. The topological polar surface area (TPSA) is 116 Å². The first-order chi connectivity index (χ1) is 25.1. The average Bonchev–Trinajstić information content (AvgIpc) is 3.68. The van der Waals surface area contributed by atoms with E-state index in [0.29, 0.717) is 35.0 Å². The van der Waals surface area contributed by atoms with Gasteiger partial charge in [-0.25, -0.2) is 16.8 Å². The van der Waals surface area contributed by atoms with Crippen LogP contribution in [-0.4, -0.2) is 95.1 Å². The Balaban J connectivity index is 0.000000236. The Kier molecular flexibility index (Phi) is 13.5. The first-order valence-corrected chi connectivity index (χ1v) is 23.4. The van der Waals surface area contributed by atoms with Crippen LogP contribution in [0.5, 0.6) is 0 Å². The molecule has 2 saturated carbocycles. The molecule has 8 rings (SSSR count). The van der Waals surface area contributed by atoms with E-state index in [1.807, 2.05) is 58.1 Å². The number of rotatable bonds is 11. The average molecular weight is 829 g/mol. The zero-order valence-corrected chi connectivity index (χ0v) is 34.6. The van der Waals surface area contributed by atoms with Crippen LogP contribution in [0.3, 0.4) is 0 Å². The molecule has 0 spiro atoms. The van der Waals surface area contributed by atoms with E-state index in [1.54, 1.807) is 34.8 Å². The van der Waals surface area contributed by atoms with Gasteiger partial charge in [0.1, 0.15) is 0 Å². The molecule has 2 aliphatic carbocycles. The minimum absolute atomic E-state index is 0. The van der Waals surface area contributed by atoms with Crippen molar-refractivity contribution in [1.82, 2.24) is 9.80 Å². The van der Waals surface area contributed by atoms with Gasteiger partial charge in [-0.05, 0) is 110 Å². The van der Waals surface area contributed by atoms with Crippen LogP contribution in [0.1, 0.15) is 37.5 Å². The van der Waals surface area contributed by atoms with E-state index < -0.39 is 20.0 Å². The molecule has 55 heavy (non-hydrogen) atoms. The van der Waals surface area contributed by atoms with E-state index in [9.17, 15) is 21.6 Å². The van der Waals surface area contributed by atoms with Crippen molar-refractivity contribution in [2.24, 2.45) is 23.7 Å². The van der Waals surface area contributed by atoms with E-state index in [4.69, 9.17) is 0 Å². The first-order valence-electron chi connectivity index (χ1n) is 17.7. The van der Waals surface area contributed by atoms with Crippen LogP contribution in [0.4, 0.5) is 11.4 Å². The van der Waals surface area contributed by atoms with Crippen LogP contribution in [0, 0.1) is 23.7 Å². The molecule has 15 heteroatoms. The third kappa shape index (κ3) is 9.92. The number of anilines is 2. The number of nitrogens with one attached hydrogen (secondary N) is 2. The zero-order chi connectivity index (χ0) is 37.6. The molecule has 2 aromatic heterocycles. The molecule has 0 bridgehead atoms. The van der Waals surface area contributed by atoms with E-state index >= 15 is 0 Å². The summed E-state index contributed by atoms with van der Waals surface area (Å²) in [5, 5.41) is 8.27. The molecule has 4 atom stereocenters. The second kappa shape index (κ2) is 17.1. The number of nitrogens with zero attached hydrogens (tertiary/aromatic N) is 2. The summed E-state index contributed by atoms with van der Waals surface area (Å²) in [6.07, 6.45) is 10.3. The van der Waals surface area contributed by atoms with Crippen molar-refractivity contribution in [3.05, 3.63) is 117 Å². The standard InChI is InChI=1S/C20H22N2O3S2.C20H24N2O2S2.Al.Li.4H/c1-20(15-4-3-5-16(10-15)21-27(2,24)25)17-11-22(12-18(17)20)19(23)7-6-14-8-9-26-13-14;1-20(16-6-3-7-17(11-16)21-26(2,23)24)18-12-22(13-19(18)20)9-4-5-15-8-10-25-14-15;;;;;;/h3-10,13,17-18,21H,11-12H2,1-2H3;3-8,10-11,14,18-19,21H,9,12-13H2,1-2H3;;;;;;/q;;;+1;;;;-1/b7-6+;5-4+;;;;;;. The number of amides is 1. The minimum atomic E-state index is -3.29. The van der Waals surface area contributed by atoms with Crippen LogP contribution in [0.25, 0.3) is 12.2 Å². The van der Waals surface area contributed by atoms with Crippen LogP contribution >= 0.6 is 22.7 Å². The monoisotopic (exact) mass is 828 g/mol. The quantitative estimate of drug-likeness (QED) is 0.178. The molecule has 2 saturated heterocycles. The number of fused-ring (bicyclic) bond motifs is 2. The van der Waals surface area contributed by atoms with E-state index in [1.165, 1.54) is 17.4 Å². The Labute approximate surface area is 358 Å². The number of likely N-dealkylation sites (tertiary alicyclic amines) is 2. The largest absolute Gasteiger partial charge is 1.00 e. The van der Waals surface area contributed by atoms with Crippen molar-refractivity contribution in [3.63, 3.8) is 0 Å². The molecule has 288 valence electrons. The van der Waals surface area contributed by atoms with Gasteiger partial charge in [-0.1, -0.05) is 50.3 Å². The fourth-order valence-corrected chi connectivity index (χ4v) is 11.0. The van der Waals surface area contributed by atoms with E-state index in [-0.39, 0.29) is 54.4 Å². The Morgan fingerprint density at radius 3 is 1.65 bits per heavy atom. The number of piperidine rings is 2. The van der Waals surface area contributed by atoms with Crippen LogP contribution in [0.15, 0.2) is 94.3 Å². The van der Waals surface area contributed by atoms with Gasteiger partial charge in [0, 0.05) is 61.0 Å². The van der Waals surface area contributed by atoms with Gasteiger partial charge in [0.05, 0.1) is 12.5 Å². The third-order valence-corrected chi connectivity index (χ3v) is 14.3. The van der Waals surface area contributed by atoms with Gasteiger partial charge >= 0.3 is 18.9 Å². The summed E-state index contributed by atoms with van der Waals surface area (Å²) in [5.74, 6) is 2.22. The van der Waals surface area contributed by atoms with Gasteiger partial charge in [-0.2, -0.15) is 22.7 Å². The molecule has 4 aliphatic rings. The molecule has 2 aliphatic heterocycles. The summed E-state index contributed by atoms with van der Waals surface area (Å²) in [6.45, 7) is 9.24. The molecule has 2 N–H and O–H groups in total. The van der Waals surface area contributed by atoms with E-state index in [0.717, 1.165) is 50.1 Å². The van der Waals surface area contributed by atoms with Gasteiger partial charge in [0.15, 0.2) is 17.4 Å². The maximum absolute atomic E-state index is 12.4. The maximum atomic E-state index is 12.4. The van der Waals surface area contributed by atoms with Gasteiger partial charge in [-0.3, -0.25) is 19.1 Å². The molecule has 2 aromatic carbocycles.